The molecule has 4 heteroatoms. The van der Waals surface area contributed by atoms with Crippen molar-refractivity contribution in [3.63, 3.8) is 0 Å². The van der Waals surface area contributed by atoms with Crippen molar-refractivity contribution in [2.45, 2.75) is 53.4 Å². The van der Waals surface area contributed by atoms with Crippen molar-refractivity contribution in [1.29, 1.82) is 0 Å². The maximum atomic E-state index is 13.2. The molecule has 2 rings (SSSR count). The van der Waals surface area contributed by atoms with Crippen LogP contribution in [0.15, 0.2) is 48.5 Å². The van der Waals surface area contributed by atoms with Crippen LogP contribution in [0.5, 0.6) is 0 Å². The van der Waals surface area contributed by atoms with Gasteiger partial charge >= 0.3 is 11.9 Å². The molecule has 0 bridgehead atoms. The molecule has 2 aromatic rings. The van der Waals surface area contributed by atoms with Gasteiger partial charge in [0.05, 0.1) is 25.0 Å². The largest absolute Gasteiger partial charge is 0.465 e. The molecule has 0 aromatic heterocycles. The zero-order chi connectivity index (χ0) is 22.3. The number of hydrogen-bond donors (Lipinski definition) is 0. The lowest BCUT2D eigenvalue weighted by Gasteiger charge is -2.26. The van der Waals surface area contributed by atoms with Gasteiger partial charge in [0.1, 0.15) is 0 Å². The lowest BCUT2D eigenvalue weighted by molar-refractivity contribution is -0.155. The van der Waals surface area contributed by atoms with Gasteiger partial charge in [0.15, 0.2) is 0 Å². The normalized spacial score (nSPS) is 13.2. The first-order valence-electron chi connectivity index (χ1n) is 10.7. The van der Waals surface area contributed by atoms with Crippen LogP contribution in [0.25, 0.3) is 0 Å². The number of rotatable bonds is 9. The van der Waals surface area contributed by atoms with E-state index in [0.717, 1.165) is 22.3 Å². The molecule has 0 saturated carbocycles. The molecule has 0 N–H and O–H groups in total. The van der Waals surface area contributed by atoms with Gasteiger partial charge in [0.2, 0.25) is 0 Å². The van der Waals surface area contributed by atoms with Gasteiger partial charge in [-0.05, 0) is 36.8 Å². The van der Waals surface area contributed by atoms with Crippen LogP contribution in [-0.2, 0) is 19.1 Å². The first-order chi connectivity index (χ1) is 14.2. The van der Waals surface area contributed by atoms with E-state index in [1.54, 1.807) is 0 Å². The van der Waals surface area contributed by atoms with Crippen LogP contribution in [0.3, 0.4) is 0 Å². The highest BCUT2D eigenvalue weighted by atomic mass is 16.5. The van der Waals surface area contributed by atoms with E-state index in [9.17, 15) is 9.59 Å². The predicted molar refractivity (Wildman–Crippen MR) is 119 cm³/mol. The van der Waals surface area contributed by atoms with Crippen molar-refractivity contribution in [3.05, 3.63) is 70.8 Å². The highest BCUT2D eigenvalue weighted by molar-refractivity contribution is 5.90. The van der Waals surface area contributed by atoms with E-state index < -0.39 is 23.8 Å². The van der Waals surface area contributed by atoms with Gasteiger partial charge in [-0.1, -0.05) is 87.4 Å². The summed E-state index contributed by atoms with van der Waals surface area (Å²) in [6.45, 7) is 12.6. The summed E-state index contributed by atoms with van der Waals surface area (Å²) in [7, 11) is 0. The number of carbonyl (C=O) groups excluding carboxylic acids is 2. The third-order valence-electron chi connectivity index (χ3n) is 4.83. The van der Waals surface area contributed by atoms with Crippen molar-refractivity contribution in [2.75, 3.05) is 13.2 Å². The molecule has 0 aliphatic heterocycles. The van der Waals surface area contributed by atoms with E-state index >= 15 is 0 Å². The second-order valence-electron chi connectivity index (χ2n) is 8.82. The number of ether oxygens (including phenoxy) is 2. The summed E-state index contributed by atoms with van der Waals surface area (Å²) in [5.74, 6) is -1.94. The molecule has 0 amide bonds. The van der Waals surface area contributed by atoms with E-state index in [0.29, 0.717) is 13.2 Å². The summed E-state index contributed by atoms with van der Waals surface area (Å²) in [6, 6.07) is 15.4. The van der Waals surface area contributed by atoms with E-state index in [1.165, 1.54) is 0 Å². The van der Waals surface area contributed by atoms with Crippen molar-refractivity contribution >= 4 is 11.9 Å². The average molecular weight is 411 g/mol. The van der Waals surface area contributed by atoms with Crippen LogP contribution in [0.1, 0.15) is 61.8 Å². The number of hydrogen-bond acceptors (Lipinski definition) is 4. The van der Waals surface area contributed by atoms with Crippen LogP contribution in [0.2, 0.25) is 0 Å². The highest BCUT2D eigenvalue weighted by Crippen LogP contribution is 2.36. The minimum Gasteiger partial charge on any atom is -0.465 e. The molecule has 0 saturated heterocycles. The second-order valence-corrected chi connectivity index (χ2v) is 8.82. The SMILES string of the molecule is Cc1ccc(C(C(=O)OCC(C)C)C(C(=O)OCC(C)C)c2ccc(C)cc2)cc1. The Morgan fingerprint density at radius 1 is 0.633 bits per heavy atom. The van der Waals surface area contributed by atoms with Gasteiger partial charge in [-0.3, -0.25) is 9.59 Å². The highest BCUT2D eigenvalue weighted by Gasteiger charge is 2.38. The Balaban J connectivity index is 2.51. The Morgan fingerprint density at radius 3 is 1.20 bits per heavy atom. The summed E-state index contributed by atoms with van der Waals surface area (Å²) in [5.41, 5.74) is 3.67. The van der Waals surface area contributed by atoms with Gasteiger partial charge in [-0.15, -0.1) is 0 Å². The minimum absolute atomic E-state index is 0.207. The molecule has 0 spiro atoms. The Morgan fingerprint density at radius 2 is 0.933 bits per heavy atom. The summed E-state index contributed by atoms with van der Waals surface area (Å²) in [5, 5.41) is 0. The van der Waals surface area contributed by atoms with Crippen molar-refractivity contribution in [1.82, 2.24) is 0 Å². The summed E-state index contributed by atoms with van der Waals surface area (Å²) < 4.78 is 11.2. The molecule has 0 heterocycles. The molecule has 0 aliphatic carbocycles. The molecule has 30 heavy (non-hydrogen) atoms. The lowest BCUT2D eigenvalue weighted by atomic mass is 9.81. The number of aryl methyl sites for hydroxylation is 2. The van der Waals surface area contributed by atoms with Crippen molar-refractivity contribution < 1.29 is 19.1 Å². The summed E-state index contributed by atoms with van der Waals surface area (Å²) >= 11 is 0. The Kier molecular flexibility index (Phi) is 8.64. The zero-order valence-electron chi connectivity index (χ0n) is 19.0. The van der Waals surface area contributed by atoms with Crippen LogP contribution < -0.4 is 0 Å². The Bertz CT molecular complexity index is 748. The smallest absolute Gasteiger partial charge is 0.314 e. The van der Waals surface area contributed by atoms with Gasteiger partial charge in [0, 0.05) is 0 Å². The third kappa shape index (κ3) is 6.72. The second kappa shape index (κ2) is 11.0. The number of benzene rings is 2. The van der Waals surface area contributed by atoms with Crippen molar-refractivity contribution in [3.8, 4) is 0 Å². The third-order valence-corrected chi connectivity index (χ3v) is 4.83. The van der Waals surface area contributed by atoms with Gasteiger partial charge in [-0.25, -0.2) is 0 Å². The van der Waals surface area contributed by atoms with E-state index in [2.05, 4.69) is 0 Å². The Labute approximate surface area is 180 Å². The molecule has 0 aliphatic rings. The molecule has 4 nitrogen and oxygen atoms in total. The van der Waals surface area contributed by atoms with Crippen molar-refractivity contribution in [2.24, 2.45) is 11.8 Å². The molecular formula is C26H34O4. The van der Waals surface area contributed by atoms with E-state index in [1.807, 2.05) is 90.1 Å². The quantitative estimate of drug-likeness (QED) is 0.507. The fourth-order valence-corrected chi connectivity index (χ4v) is 3.15. The molecule has 2 unspecified atom stereocenters. The summed E-state index contributed by atoms with van der Waals surface area (Å²) in [6.07, 6.45) is 0. The van der Waals surface area contributed by atoms with E-state index in [-0.39, 0.29) is 11.8 Å². The summed E-state index contributed by atoms with van der Waals surface area (Å²) in [4.78, 5) is 26.5. The van der Waals surface area contributed by atoms with Crippen LogP contribution in [-0.4, -0.2) is 25.2 Å². The van der Waals surface area contributed by atoms with Crippen LogP contribution in [0.4, 0.5) is 0 Å². The standard InChI is InChI=1S/C26H34O4/c1-17(2)15-29-25(27)23(21-11-7-19(5)8-12-21)24(26(28)30-16-18(3)4)22-13-9-20(6)10-14-22/h7-14,17-18,23-24H,15-16H2,1-6H3. The first kappa shape index (κ1) is 23.7. The molecule has 0 fully saturated rings. The maximum absolute atomic E-state index is 13.2. The maximum Gasteiger partial charge on any atom is 0.314 e. The Hall–Kier alpha value is -2.62. The molecular weight excluding hydrogens is 376 g/mol. The van der Waals surface area contributed by atoms with Crippen LogP contribution >= 0.6 is 0 Å². The molecule has 162 valence electrons. The lowest BCUT2D eigenvalue weighted by Crippen LogP contribution is -2.31. The number of carbonyl (C=O) groups is 2. The molecule has 0 radical (unpaired) electrons. The van der Waals surface area contributed by atoms with Crippen LogP contribution in [0, 0.1) is 25.7 Å². The minimum atomic E-state index is -0.772. The fourth-order valence-electron chi connectivity index (χ4n) is 3.15. The van der Waals surface area contributed by atoms with Gasteiger partial charge < -0.3 is 9.47 Å². The van der Waals surface area contributed by atoms with Gasteiger partial charge in [0.25, 0.3) is 0 Å². The van der Waals surface area contributed by atoms with Gasteiger partial charge in [-0.2, -0.15) is 0 Å². The zero-order valence-corrected chi connectivity index (χ0v) is 19.0. The topological polar surface area (TPSA) is 52.6 Å². The fraction of sp³-hybridized carbons (Fsp3) is 0.462. The predicted octanol–water partition coefficient (Wildman–Crippen LogP) is 5.57. The average Bonchev–Trinajstić information content (AvgIpc) is 2.70. The van der Waals surface area contributed by atoms with E-state index in [4.69, 9.17) is 9.47 Å². The molecule has 2 aromatic carbocycles. The number of esters is 2. The first-order valence-corrected chi connectivity index (χ1v) is 10.7. The molecule has 2 atom stereocenters. The monoisotopic (exact) mass is 410 g/mol.